The predicted octanol–water partition coefficient (Wildman–Crippen LogP) is 3.30. The fraction of sp³-hybridized carbons (Fsp3) is 0.182. The summed E-state index contributed by atoms with van der Waals surface area (Å²) in [7, 11) is 0. The van der Waals surface area contributed by atoms with E-state index >= 15 is 0 Å². The van der Waals surface area contributed by atoms with E-state index in [2.05, 4.69) is 33.0 Å². The Hall–Kier alpha value is -1.27. The Morgan fingerprint density at radius 1 is 1.50 bits per heavy atom. The lowest BCUT2D eigenvalue weighted by Gasteiger charge is -1.99. The van der Waals surface area contributed by atoms with Crippen LogP contribution in [-0.2, 0) is 6.42 Å². The molecule has 3 heteroatoms. The largest absolute Gasteiger partial charge is 0.361 e. The Bertz CT molecular complexity index is 520. The van der Waals surface area contributed by atoms with Crippen molar-refractivity contribution in [3.8, 4) is 6.07 Å². The molecule has 0 bridgehead atoms. The van der Waals surface area contributed by atoms with Crippen LogP contribution in [0.15, 0.2) is 22.8 Å². The van der Waals surface area contributed by atoms with Crippen LogP contribution in [0.25, 0.3) is 10.9 Å². The molecular weight excluding hydrogens is 240 g/mol. The Morgan fingerprint density at radius 2 is 2.29 bits per heavy atom. The highest BCUT2D eigenvalue weighted by atomic mass is 79.9. The van der Waals surface area contributed by atoms with Gasteiger partial charge >= 0.3 is 0 Å². The maximum atomic E-state index is 8.65. The molecule has 0 atom stereocenters. The minimum atomic E-state index is 0.459. The van der Waals surface area contributed by atoms with Gasteiger partial charge < -0.3 is 4.98 Å². The zero-order chi connectivity index (χ0) is 10.1. The molecule has 2 aromatic rings. The number of nitrogens with zero attached hydrogens (tertiary/aromatic N) is 1. The molecule has 1 aromatic carbocycles. The van der Waals surface area contributed by atoms with Gasteiger partial charge in [0, 0.05) is 21.6 Å². The second-order valence-electron chi connectivity index (χ2n) is 3.30. The van der Waals surface area contributed by atoms with Crippen LogP contribution < -0.4 is 0 Å². The van der Waals surface area contributed by atoms with Gasteiger partial charge in [-0.1, -0.05) is 15.9 Å². The lowest BCUT2D eigenvalue weighted by Crippen LogP contribution is -1.80. The van der Waals surface area contributed by atoms with Gasteiger partial charge in [0.2, 0.25) is 0 Å². The van der Waals surface area contributed by atoms with Gasteiger partial charge in [-0.25, -0.2) is 0 Å². The van der Waals surface area contributed by atoms with Gasteiger partial charge in [0.25, 0.3) is 0 Å². The van der Waals surface area contributed by atoms with Crippen molar-refractivity contribution in [2.24, 2.45) is 0 Å². The molecule has 2 rings (SSSR count). The normalized spacial score (nSPS) is 10.4. The van der Waals surface area contributed by atoms with Crippen molar-refractivity contribution in [2.45, 2.75) is 13.3 Å². The second-order valence-corrected chi connectivity index (χ2v) is 4.15. The van der Waals surface area contributed by atoms with E-state index in [0.29, 0.717) is 6.42 Å². The summed E-state index contributed by atoms with van der Waals surface area (Å²) in [6, 6.07) is 6.31. The quantitative estimate of drug-likeness (QED) is 0.827. The van der Waals surface area contributed by atoms with Crippen molar-refractivity contribution in [1.82, 2.24) is 4.98 Å². The highest BCUT2D eigenvalue weighted by Crippen LogP contribution is 2.25. The maximum absolute atomic E-state index is 8.65. The first kappa shape index (κ1) is 9.29. The monoisotopic (exact) mass is 248 g/mol. The number of aromatic amines is 1. The Balaban J connectivity index is 2.69. The lowest BCUT2D eigenvalue weighted by atomic mass is 10.1. The third kappa shape index (κ3) is 1.42. The van der Waals surface area contributed by atoms with Crippen molar-refractivity contribution in [3.63, 3.8) is 0 Å². The molecule has 0 aliphatic rings. The topological polar surface area (TPSA) is 39.6 Å². The highest BCUT2D eigenvalue weighted by molar-refractivity contribution is 9.10. The van der Waals surface area contributed by atoms with Gasteiger partial charge in [-0.05, 0) is 30.2 Å². The Morgan fingerprint density at radius 3 is 3.00 bits per heavy atom. The third-order valence-electron chi connectivity index (χ3n) is 2.32. The average molecular weight is 249 g/mol. The summed E-state index contributed by atoms with van der Waals surface area (Å²) >= 11 is 3.48. The van der Waals surface area contributed by atoms with Crippen LogP contribution in [-0.4, -0.2) is 4.98 Å². The van der Waals surface area contributed by atoms with Crippen LogP contribution in [0.3, 0.4) is 0 Å². The first-order valence-corrected chi connectivity index (χ1v) is 5.14. The molecule has 0 saturated heterocycles. The van der Waals surface area contributed by atoms with Gasteiger partial charge in [-0.2, -0.15) is 5.26 Å². The summed E-state index contributed by atoms with van der Waals surface area (Å²) in [5.74, 6) is 0. The van der Waals surface area contributed by atoms with Gasteiger partial charge in [0.15, 0.2) is 0 Å². The van der Waals surface area contributed by atoms with Crippen LogP contribution in [0, 0.1) is 18.3 Å². The fourth-order valence-electron chi connectivity index (χ4n) is 1.54. The second kappa shape index (κ2) is 3.47. The van der Waals surface area contributed by atoms with E-state index in [0.717, 1.165) is 20.9 Å². The molecule has 2 nitrogen and oxygen atoms in total. The van der Waals surface area contributed by atoms with Crippen LogP contribution in [0.2, 0.25) is 0 Å². The minimum Gasteiger partial charge on any atom is -0.361 e. The van der Waals surface area contributed by atoms with E-state index in [1.807, 2.05) is 19.2 Å². The summed E-state index contributed by atoms with van der Waals surface area (Å²) < 4.78 is 1.09. The number of rotatable bonds is 1. The van der Waals surface area contributed by atoms with Crippen molar-refractivity contribution < 1.29 is 0 Å². The molecule has 0 amide bonds. The van der Waals surface area contributed by atoms with Gasteiger partial charge in [-0.3, -0.25) is 0 Å². The van der Waals surface area contributed by atoms with Gasteiger partial charge in [0.1, 0.15) is 0 Å². The molecule has 0 spiro atoms. The van der Waals surface area contributed by atoms with Crippen LogP contribution in [0.4, 0.5) is 0 Å². The smallest absolute Gasteiger partial charge is 0.0670 e. The fourth-order valence-corrected chi connectivity index (χ4v) is 1.88. The maximum Gasteiger partial charge on any atom is 0.0670 e. The molecule has 1 N–H and O–H groups in total. The number of nitriles is 1. The first-order valence-electron chi connectivity index (χ1n) is 4.35. The molecule has 0 fully saturated rings. The molecule has 0 radical (unpaired) electrons. The standard InChI is InChI=1S/C11H9BrN2/c1-7-4-9-8(2-3-13)6-14-11(9)5-10(7)12/h4-6,14H,2H2,1H3. The average Bonchev–Trinajstić information content (AvgIpc) is 2.51. The zero-order valence-corrected chi connectivity index (χ0v) is 9.35. The molecular formula is C11H9BrN2. The SMILES string of the molecule is Cc1cc2c(CC#N)c[nH]c2cc1Br. The number of aromatic nitrogens is 1. The number of benzene rings is 1. The lowest BCUT2D eigenvalue weighted by molar-refractivity contribution is 1.27. The molecule has 0 aliphatic heterocycles. The molecule has 0 unspecified atom stereocenters. The summed E-state index contributed by atoms with van der Waals surface area (Å²) in [6.07, 6.45) is 2.36. The number of hydrogen-bond acceptors (Lipinski definition) is 1. The third-order valence-corrected chi connectivity index (χ3v) is 3.17. The van der Waals surface area contributed by atoms with Crippen molar-refractivity contribution in [2.75, 3.05) is 0 Å². The first-order chi connectivity index (χ1) is 6.72. The number of fused-ring (bicyclic) bond motifs is 1. The van der Waals surface area contributed by atoms with E-state index in [1.54, 1.807) is 0 Å². The van der Waals surface area contributed by atoms with E-state index in [4.69, 9.17) is 5.26 Å². The number of H-pyrrole nitrogens is 1. The Labute approximate surface area is 90.7 Å². The number of nitrogens with one attached hydrogen (secondary N) is 1. The van der Waals surface area contributed by atoms with Gasteiger partial charge in [-0.15, -0.1) is 0 Å². The summed E-state index contributed by atoms with van der Waals surface area (Å²) in [6.45, 7) is 2.05. The molecule has 70 valence electrons. The molecule has 14 heavy (non-hydrogen) atoms. The van der Waals surface area contributed by atoms with Crippen molar-refractivity contribution >= 4 is 26.8 Å². The van der Waals surface area contributed by atoms with Crippen LogP contribution >= 0.6 is 15.9 Å². The number of aryl methyl sites for hydroxylation is 1. The predicted molar refractivity (Wildman–Crippen MR) is 60.1 cm³/mol. The van der Waals surface area contributed by atoms with E-state index < -0.39 is 0 Å². The van der Waals surface area contributed by atoms with Crippen LogP contribution in [0.5, 0.6) is 0 Å². The Kier molecular flexibility index (Phi) is 2.30. The molecule has 1 heterocycles. The van der Waals surface area contributed by atoms with E-state index in [9.17, 15) is 0 Å². The number of halogens is 1. The van der Waals surface area contributed by atoms with Crippen molar-refractivity contribution in [3.05, 3.63) is 33.9 Å². The minimum absolute atomic E-state index is 0.459. The van der Waals surface area contributed by atoms with Gasteiger partial charge in [0.05, 0.1) is 12.5 Å². The van der Waals surface area contributed by atoms with Crippen molar-refractivity contribution in [1.29, 1.82) is 5.26 Å². The van der Waals surface area contributed by atoms with Crippen LogP contribution in [0.1, 0.15) is 11.1 Å². The summed E-state index contributed by atoms with van der Waals surface area (Å²) in [5.41, 5.74) is 3.34. The number of hydrogen-bond donors (Lipinski definition) is 1. The molecule has 0 saturated carbocycles. The molecule has 0 aliphatic carbocycles. The molecule has 1 aromatic heterocycles. The van der Waals surface area contributed by atoms with E-state index in [-0.39, 0.29) is 0 Å². The zero-order valence-electron chi connectivity index (χ0n) is 7.76. The summed E-state index contributed by atoms with van der Waals surface area (Å²) in [4.78, 5) is 3.16. The van der Waals surface area contributed by atoms with E-state index in [1.165, 1.54) is 5.56 Å². The highest BCUT2D eigenvalue weighted by Gasteiger charge is 2.05. The summed E-state index contributed by atoms with van der Waals surface area (Å²) in [5, 5.41) is 9.79.